The van der Waals surface area contributed by atoms with Crippen LogP contribution in [0.3, 0.4) is 0 Å². The summed E-state index contributed by atoms with van der Waals surface area (Å²) in [4.78, 5) is 0. The van der Waals surface area contributed by atoms with Crippen LogP contribution >= 0.6 is 0 Å². The van der Waals surface area contributed by atoms with Gasteiger partial charge >= 0.3 is 0 Å². The Bertz CT molecular complexity index is 1670. The summed E-state index contributed by atoms with van der Waals surface area (Å²) in [5.41, 5.74) is 8.02. The van der Waals surface area contributed by atoms with E-state index in [9.17, 15) is 5.11 Å². The van der Waals surface area contributed by atoms with Crippen LogP contribution in [0.4, 0.5) is 5.69 Å². The molecular formula is C34H30N2O. The van der Waals surface area contributed by atoms with Gasteiger partial charge in [0, 0.05) is 28.6 Å². The normalized spacial score (nSPS) is 12.2. The fraction of sp³-hybridized carbons (Fsp3) is 0.118. The number of nitrogens with zero attached hydrogens (tertiary/aromatic N) is 1. The Balaban J connectivity index is 1.54. The number of aliphatic hydroxyl groups is 1. The van der Waals surface area contributed by atoms with Crippen molar-refractivity contribution in [3.63, 3.8) is 0 Å². The van der Waals surface area contributed by atoms with Crippen molar-refractivity contribution < 1.29 is 5.11 Å². The fourth-order valence-corrected chi connectivity index (χ4v) is 5.36. The van der Waals surface area contributed by atoms with Crippen LogP contribution in [-0.4, -0.2) is 22.3 Å². The first-order valence-corrected chi connectivity index (χ1v) is 12.8. The van der Waals surface area contributed by atoms with Crippen molar-refractivity contribution in [2.45, 2.75) is 19.6 Å². The van der Waals surface area contributed by atoms with Gasteiger partial charge in [0.1, 0.15) is 0 Å². The molecular weight excluding hydrogens is 452 g/mol. The van der Waals surface area contributed by atoms with E-state index in [4.69, 9.17) is 0 Å². The number of nitrogens with one attached hydrogen (secondary N) is 1. The Morgan fingerprint density at radius 2 is 1.41 bits per heavy atom. The van der Waals surface area contributed by atoms with Crippen LogP contribution in [0.5, 0.6) is 0 Å². The first kappa shape index (κ1) is 23.1. The second kappa shape index (κ2) is 9.96. The number of fused-ring (bicyclic) bond motifs is 3. The molecule has 0 saturated carbocycles. The topological polar surface area (TPSA) is 37.2 Å². The maximum atomic E-state index is 11.3. The third-order valence-corrected chi connectivity index (χ3v) is 7.01. The fourth-order valence-electron chi connectivity index (χ4n) is 5.36. The molecule has 1 heterocycles. The summed E-state index contributed by atoms with van der Waals surface area (Å²) in [6, 6.07) is 42.4. The highest BCUT2D eigenvalue weighted by Crippen LogP contribution is 2.43. The van der Waals surface area contributed by atoms with Crippen molar-refractivity contribution >= 4 is 27.4 Å². The van der Waals surface area contributed by atoms with Crippen LogP contribution in [0.2, 0.25) is 0 Å². The summed E-state index contributed by atoms with van der Waals surface area (Å²) in [6.45, 7) is 3.01. The van der Waals surface area contributed by atoms with E-state index in [1.54, 1.807) is 0 Å². The number of anilines is 1. The number of rotatable bonds is 7. The Hall–Kier alpha value is -4.34. The largest absolute Gasteiger partial charge is 0.389 e. The average Bonchev–Trinajstić information content (AvgIpc) is 3.27. The van der Waals surface area contributed by atoms with Gasteiger partial charge in [-0.05, 0) is 41.1 Å². The van der Waals surface area contributed by atoms with Gasteiger partial charge < -0.3 is 15.0 Å². The van der Waals surface area contributed by atoms with Gasteiger partial charge in [-0.1, -0.05) is 109 Å². The number of benzene rings is 5. The van der Waals surface area contributed by atoms with Crippen molar-refractivity contribution in [3.05, 3.63) is 127 Å². The lowest BCUT2D eigenvalue weighted by Crippen LogP contribution is -2.25. The Morgan fingerprint density at radius 1 is 0.703 bits per heavy atom. The van der Waals surface area contributed by atoms with E-state index in [0.29, 0.717) is 13.1 Å². The zero-order valence-electron chi connectivity index (χ0n) is 20.9. The van der Waals surface area contributed by atoms with E-state index in [1.165, 1.54) is 32.8 Å². The first-order valence-electron chi connectivity index (χ1n) is 12.8. The molecule has 1 aromatic heterocycles. The van der Waals surface area contributed by atoms with Gasteiger partial charge in [-0.2, -0.15) is 0 Å². The second-order valence-electron chi connectivity index (χ2n) is 9.65. The molecule has 0 saturated heterocycles. The zero-order chi connectivity index (χ0) is 25.2. The van der Waals surface area contributed by atoms with Gasteiger partial charge in [0.05, 0.1) is 23.9 Å². The third-order valence-electron chi connectivity index (χ3n) is 7.01. The zero-order valence-corrected chi connectivity index (χ0v) is 20.9. The summed E-state index contributed by atoms with van der Waals surface area (Å²) in [5.74, 6) is 0. The number of aryl methyl sites for hydroxylation is 1. The van der Waals surface area contributed by atoms with Crippen molar-refractivity contribution in [1.82, 2.24) is 4.57 Å². The van der Waals surface area contributed by atoms with Crippen molar-refractivity contribution in [1.29, 1.82) is 0 Å². The maximum Gasteiger partial charge on any atom is 0.0891 e. The molecule has 0 aliphatic rings. The summed E-state index contributed by atoms with van der Waals surface area (Å²) in [7, 11) is 0. The highest BCUT2D eigenvalue weighted by Gasteiger charge is 2.23. The van der Waals surface area contributed by atoms with Crippen LogP contribution in [0.15, 0.2) is 121 Å². The standard InChI is InChI=1S/C34H30N2O/c1-24-11-10-17-28(21-24)35-22-29(37)23-36-33(27-15-6-3-7-16-27)32(26-13-4-2-5-14-26)31-20-19-25-12-8-9-18-30(25)34(31)36/h2-21,29,35,37H,22-23H2,1H3. The van der Waals surface area contributed by atoms with Crippen molar-refractivity contribution in [2.75, 3.05) is 11.9 Å². The summed E-state index contributed by atoms with van der Waals surface area (Å²) in [5, 5.41) is 18.3. The van der Waals surface area contributed by atoms with Crippen LogP contribution in [0.1, 0.15) is 5.56 Å². The van der Waals surface area contributed by atoms with Crippen molar-refractivity contribution in [3.8, 4) is 22.4 Å². The predicted molar refractivity (Wildman–Crippen MR) is 156 cm³/mol. The molecule has 0 aliphatic heterocycles. The van der Waals surface area contributed by atoms with Crippen LogP contribution < -0.4 is 5.32 Å². The predicted octanol–water partition coefficient (Wildman–Crippen LogP) is 7.91. The maximum absolute atomic E-state index is 11.3. The molecule has 0 amide bonds. The molecule has 3 nitrogen and oxygen atoms in total. The average molecular weight is 483 g/mol. The van der Waals surface area contributed by atoms with E-state index in [1.807, 2.05) is 12.1 Å². The smallest absolute Gasteiger partial charge is 0.0891 e. The molecule has 6 rings (SSSR count). The monoisotopic (exact) mass is 482 g/mol. The van der Waals surface area contributed by atoms with Gasteiger partial charge in [0.2, 0.25) is 0 Å². The highest BCUT2D eigenvalue weighted by atomic mass is 16.3. The molecule has 3 heteroatoms. The molecule has 1 unspecified atom stereocenters. The van der Waals surface area contributed by atoms with E-state index in [-0.39, 0.29) is 0 Å². The summed E-state index contributed by atoms with van der Waals surface area (Å²) < 4.78 is 2.33. The van der Waals surface area contributed by atoms with Gasteiger partial charge in [0.25, 0.3) is 0 Å². The molecule has 37 heavy (non-hydrogen) atoms. The molecule has 182 valence electrons. The third kappa shape index (κ3) is 4.50. The van der Waals surface area contributed by atoms with Crippen molar-refractivity contribution in [2.24, 2.45) is 0 Å². The molecule has 2 N–H and O–H groups in total. The quantitative estimate of drug-likeness (QED) is 0.243. The molecule has 6 aromatic rings. The van der Waals surface area contributed by atoms with Gasteiger partial charge in [-0.3, -0.25) is 0 Å². The molecule has 5 aromatic carbocycles. The number of hydrogen-bond acceptors (Lipinski definition) is 2. The first-order chi connectivity index (χ1) is 18.2. The lowest BCUT2D eigenvalue weighted by atomic mass is 9.97. The number of aromatic nitrogens is 1. The lowest BCUT2D eigenvalue weighted by Gasteiger charge is -2.19. The Labute approximate surface area is 217 Å². The Morgan fingerprint density at radius 3 is 2.16 bits per heavy atom. The number of hydrogen-bond donors (Lipinski definition) is 2. The van der Waals surface area contributed by atoms with E-state index in [2.05, 4.69) is 126 Å². The lowest BCUT2D eigenvalue weighted by molar-refractivity contribution is 0.169. The molecule has 0 spiro atoms. The van der Waals surface area contributed by atoms with Crippen LogP contribution in [0, 0.1) is 6.92 Å². The van der Waals surface area contributed by atoms with Gasteiger partial charge in [0.15, 0.2) is 0 Å². The molecule has 1 atom stereocenters. The van der Waals surface area contributed by atoms with E-state index < -0.39 is 6.10 Å². The minimum absolute atomic E-state index is 0.461. The highest BCUT2D eigenvalue weighted by molar-refractivity contribution is 6.15. The summed E-state index contributed by atoms with van der Waals surface area (Å²) in [6.07, 6.45) is -0.582. The minimum atomic E-state index is -0.582. The van der Waals surface area contributed by atoms with Crippen LogP contribution in [0.25, 0.3) is 44.1 Å². The summed E-state index contributed by atoms with van der Waals surface area (Å²) >= 11 is 0. The Kier molecular flexibility index (Phi) is 6.21. The number of aliphatic hydroxyl groups excluding tert-OH is 1. The molecule has 0 radical (unpaired) electrons. The SMILES string of the molecule is Cc1cccc(NCC(O)Cn2c(-c3ccccc3)c(-c3ccccc3)c3ccc4ccccc4c32)c1. The second-order valence-corrected chi connectivity index (χ2v) is 9.65. The molecule has 0 fully saturated rings. The van der Waals surface area contributed by atoms with Crippen LogP contribution in [-0.2, 0) is 6.54 Å². The molecule has 0 bridgehead atoms. The van der Waals surface area contributed by atoms with E-state index >= 15 is 0 Å². The van der Waals surface area contributed by atoms with E-state index in [0.717, 1.165) is 22.5 Å². The van der Waals surface area contributed by atoms with Gasteiger partial charge in [-0.25, -0.2) is 0 Å². The minimum Gasteiger partial charge on any atom is -0.389 e. The molecule has 0 aliphatic carbocycles. The van der Waals surface area contributed by atoms with Gasteiger partial charge in [-0.15, -0.1) is 0 Å².